The van der Waals surface area contributed by atoms with Crippen molar-refractivity contribution in [3.8, 4) is 17.6 Å². The van der Waals surface area contributed by atoms with Crippen molar-refractivity contribution in [3.63, 3.8) is 0 Å². The van der Waals surface area contributed by atoms with Crippen LogP contribution >= 0.6 is 0 Å². The zero-order valence-electron chi connectivity index (χ0n) is 22.1. The highest BCUT2D eigenvalue weighted by Crippen LogP contribution is 2.32. The molecule has 0 aliphatic carbocycles. The second-order valence-corrected chi connectivity index (χ2v) is 8.66. The Bertz CT molecular complexity index is 845. The lowest BCUT2D eigenvalue weighted by atomic mass is 9.90. The Morgan fingerprint density at radius 2 is 1.82 bits per heavy atom. The van der Waals surface area contributed by atoms with Gasteiger partial charge in [0.1, 0.15) is 6.79 Å². The summed E-state index contributed by atoms with van der Waals surface area (Å²) in [6, 6.07) is 5.99. The summed E-state index contributed by atoms with van der Waals surface area (Å²) in [5.74, 6) is 1.36. The average Bonchev–Trinajstić information content (AvgIpc) is 2.81. The van der Waals surface area contributed by atoms with E-state index in [1.54, 1.807) is 14.2 Å². The fraction of sp³-hybridized carbons (Fsp3) is 0.593. The molecule has 0 fully saturated rings. The van der Waals surface area contributed by atoms with Crippen LogP contribution < -0.4 is 14.8 Å². The highest BCUT2D eigenvalue weighted by atomic mass is 16.6. The summed E-state index contributed by atoms with van der Waals surface area (Å²) in [5.41, 5.74) is 3.28. The van der Waals surface area contributed by atoms with E-state index in [1.165, 1.54) is 0 Å². The smallest absolute Gasteiger partial charge is 0.161 e. The molecule has 0 spiro atoms. The van der Waals surface area contributed by atoms with Crippen molar-refractivity contribution in [2.45, 2.75) is 71.2 Å². The molecule has 0 aliphatic heterocycles. The second kappa shape index (κ2) is 15.5. The van der Waals surface area contributed by atoms with Crippen LogP contribution in [0.2, 0.25) is 0 Å². The average molecular weight is 474 g/mol. The molecule has 7 nitrogen and oxygen atoms in total. The molecule has 0 aromatic heterocycles. The first kappa shape index (κ1) is 29.7. The minimum absolute atomic E-state index is 0.0771. The number of hydrogen-bond acceptors (Lipinski definition) is 7. The van der Waals surface area contributed by atoms with Crippen molar-refractivity contribution in [3.05, 3.63) is 47.1 Å². The van der Waals surface area contributed by atoms with Gasteiger partial charge >= 0.3 is 0 Å². The lowest BCUT2D eigenvalue weighted by Crippen LogP contribution is -2.45. The number of nitriles is 1. The molecular formula is C27H43N3O4. The maximum Gasteiger partial charge on any atom is 0.161 e. The monoisotopic (exact) mass is 473 g/mol. The Hall–Kier alpha value is -2.37. The molecule has 0 aliphatic rings. The Labute approximate surface area is 206 Å². The van der Waals surface area contributed by atoms with Crippen LogP contribution in [0.15, 0.2) is 35.9 Å². The van der Waals surface area contributed by atoms with E-state index in [0.29, 0.717) is 24.3 Å². The normalized spacial score (nSPS) is 15.7. The fourth-order valence-electron chi connectivity index (χ4n) is 3.82. The van der Waals surface area contributed by atoms with Gasteiger partial charge in [-0.1, -0.05) is 25.2 Å². The quantitative estimate of drug-likeness (QED) is 0.294. The van der Waals surface area contributed by atoms with Crippen LogP contribution in [0, 0.1) is 18.3 Å². The molecule has 0 heterocycles. The molecule has 0 radical (unpaired) electrons. The van der Waals surface area contributed by atoms with E-state index in [-0.39, 0.29) is 31.0 Å². The first-order valence-corrected chi connectivity index (χ1v) is 11.8. The molecule has 2 N–H and O–H groups in total. The summed E-state index contributed by atoms with van der Waals surface area (Å²) < 4.78 is 16.4. The van der Waals surface area contributed by atoms with Crippen molar-refractivity contribution < 1.29 is 19.3 Å². The highest BCUT2D eigenvalue weighted by molar-refractivity contribution is 5.47. The van der Waals surface area contributed by atoms with E-state index in [1.807, 2.05) is 39.2 Å². The lowest BCUT2D eigenvalue weighted by Gasteiger charge is -2.33. The van der Waals surface area contributed by atoms with Crippen LogP contribution in [0.3, 0.4) is 0 Å². The number of rotatable bonds is 15. The van der Waals surface area contributed by atoms with E-state index in [9.17, 15) is 10.4 Å². The van der Waals surface area contributed by atoms with Crippen molar-refractivity contribution in [2.75, 3.05) is 35.1 Å². The van der Waals surface area contributed by atoms with Gasteiger partial charge in [0, 0.05) is 12.1 Å². The number of benzene rings is 1. The Kier molecular flexibility index (Phi) is 13.5. The van der Waals surface area contributed by atoms with Crippen molar-refractivity contribution >= 4 is 0 Å². The molecule has 0 bridgehead atoms. The van der Waals surface area contributed by atoms with E-state index in [4.69, 9.17) is 14.2 Å². The molecule has 34 heavy (non-hydrogen) atoms. The van der Waals surface area contributed by atoms with Gasteiger partial charge in [0.25, 0.3) is 0 Å². The van der Waals surface area contributed by atoms with Gasteiger partial charge in [-0.2, -0.15) is 5.26 Å². The molecule has 0 saturated heterocycles. The number of aliphatic hydroxyl groups is 1. The van der Waals surface area contributed by atoms with Gasteiger partial charge in [0.15, 0.2) is 11.5 Å². The van der Waals surface area contributed by atoms with Crippen LogP contribution in [0.5, 0.6) is 11.5 Å². The summed E-state index contributed by atoms with van der Waals surface area (Å²) in [4.78, 5) is 2.13. The number of allylic oxidation sites excluding steroid dienone is 1. The minimum Gasteiger partial charge on any atom is -0.493 e. The van der Waals surface area contributed by atoms with E-state index in [0.717, 1.165) is 23.1 Å². The highest BCUT2D eigenvalue weighted by Gasteiger charge is 2.26. The maximum absolute atomic E-state index is 9.87. The lowest BCUT2D eigenvalue weighted by molar-refractivity contribution is -0.0244. The molecule has 4 unspecified atom stereocenters. The van der Waals surface area contributed by atoms with Crippen LogP contribution in [-0.2, 0) is 11.2 Å². The Balaban J connectivity index is 3.51. The van der Waals surface area contributed by atoms with Crippen LogP contribution in [0.25, 0.3) is 0 Å². The van der Waals surface area contributed by atoms with Crippen molar-refractivity contribution in [1.29, 1.82) is 5.26 Å². The number of methoxy groups -OCH3 is 2. The number of nitrogens with one attached hydrogen (secondary N) is 1. The van der Waals surface area contributed by atoms with Gasteiger partial charge in [0.2, 0.25) is 0 Å². The number of ether oxygens (including phenoxy) is 3. The molecule has 1 aromatic carbocycles. The standard InChI is InChI=1S/C27H43N3O4/c1-9-10-11-12-23(17-28)29-25(24(21(4)30(5)6)14-20(3)34-18-31)15-22-16-27(33-8)26(32-7)13-19(22)2/h10-11,13-14,16,20-21,23,25,29,31H,9,12,15,18H2,1-8H3. The third-order valence-electron chi connectivity index (χ3n) is 6.02. The zero-order valence-corrected chi connectivity index (χ0v) is 22.1. The fourth-order valence-corrected chi connectivity index (χ4v) is 3.82. The summed E-state index contributed by atoms with van der Waals surface area (Å²) in [6.45, 7) is 7.82. The molecular weight excluding hydrogens is 430 g/mol. The van der Waals surface area contributed by atoms with Crippen molar-refractivity contribution in [1.82, 2.24) is 10.2 Å². The first-order chi connectivity index (χ1) is 16.2. The number of nitrogens with zero attached hydrogens (tertiary/aromatic N) is 2. The van der Waals surface area contributed by atoms with Gasteiger partial charge in [-0.25, -0.2) is 0 Å². The molecule has 7 heteroatoms. The van der Waals surface area contributed by atoms with Crippen LogP contribution in [0.4, 0.5) is 0 Å². The summed E-state index contributed by atoms with van der Waals surface area (Å²) in [7, 11) is 7.32. The summed E-state index contributed by atoms with van der Waals surface area (Å²) in [5, 5.41) is 22.7. The number of likely N-dealkylation sites (N-methyl/N-ethyl adjacent to an activating group) is 1. The topological polar surface area (TPSA) is 87.0 Å². The SMILES string of the molecule is CCC=CCC(C#N)NC(Cc1cc(OC)c(OC)cc1C)C(=CC(C)OCO)C(C)N(C)C. The van der Waals surface area contributed by atoms with Gasteiger partial charge < -0.3 is 24.2 Å². The Morgan fingerprint density at radius 3 is 2.35 bits per heavy atom. The molecule has 0 amide bonds. The third-order valence-corrected chi connectivity index (χ3v) is 6.02. The van der Waals surface area contributed by atoms with Gasteiger partial charge in [-0.15, -0.1) is 0 Å². The summed E-state index contributed by atoms with van der Waals surface area (Å²) in [6.07, 6.45) is 8.11. The number of aryl methyl sites for hydroxylation is 1. The molecule has 1 rings (SSSR count). The molecule has 1 aromatic rings. The maximum atomic E-state index is 9.87. The minimum atomic E-state index is -0.350. The van der Waals surface area contributed by atoms with Gasteiger partial charge in [0.05, 0.1) is 32.4 Å². The summed E-state index contributed by atoms with van der Waals surface area (Å²) >= 11 is 0. The van der Waals surface area contributed by atoms with E-state index in [2.05, 4.69) is 49.2 Å². The largest absolute Gasteiger partial charge is 0.493 e. The van der Waals surface area contributed by atoms with Crippen molar-refractivity contribution in [2.24, 2.45) is 0 Å². The zero-order chi connectivity index (χ0) is 25.7. The third kappa shape index (κ3) is 9.11. The number of aliphatic hydroxyl groups excluding tert-OH is 1. The first-order valence-electron chi connectivity index (χ1n) is 11.8. The Morgan fingerprint density at radius 1 is 1.18 bits per heavy atom. The molecule has 190 valence electrons. The molecule has 0 saturated carbocycles. The van der Waals surface area contributed by atoms with E-state index >= 15 is 0 Å². The number of hydrogen-bond donors (Lipinski definition) is 2. The predicted molar refractivity (Wildman–Crippen MR) is 137 cm³/mol. The predicted octanol–water partition coefficient (Wildman–Crippen LogP) is 3.99. The van der Waals surface area contributed by atoms with E-state index < -0.39 is 0 Å². The second-order valence-electron chi connectivity index (χ2n) is 8.66. The van der Waals surface area contributed by atoms with Crippen LogP contribution in [-0.4, -0.2) is 69.3 Å². The van der Waals surface area contributed by atoms with Crippen LogP contribution in [0.1, 0.15) is 44.7 Å². The molecule has 4 atom stereocenters. The van der Waals surface area contributed by atoms with Gasteiger partial charge in [-0.3, -0.25) is 5.32 Å². The van der Waals surface area contributed by atoms with Gasteiger partial charge in [-0.05, 0) is 83.0 Å².